The third-order valence-electron chi connectivity index (χ3n) is 2.98. The maximum atomic E-state index is 12.1. The number of likely N-dealkylation sites (N-methyl/N-ethyl adjacent to an activating group) is 1. The van der Waals surface area contributed by atoms with E-state index in [1.807, 2.05) is 51.1 Å². The van der Waals surface area contributed by atoms with Crippen LogP contribution in [0.1, 0.15) is 32.8 Å². The summed E-state index contributed by atoms with van der Waals surface area (Å²) in [4.78, 5) is 25.4. The van der Waals surface area contributed by atoms with Gasteiger partial charge in [0, 0.05) is 19.5 Å². The number of rotatable bonds is 7. The average molecular weight is 276 g/mol. The number of nitrogens with one attached hydrogen (secondary N) is 1. The van der Waals surface area contributed by atoms with Crippen molar-refractivity contribution in [2.24, 2.45) is 5.92 Å². The lowest BCUT2D eigenvalue weighted by Crippen LogP contribution is -2.40. The zero-order valence-electron chi connectivity index (χ0n) is 12.6. The molecule has 0 saturated heterocycles. The third kappa shape index (κ3) is 5.87. The highest BCUT2D eigenvalue weighted by molar-refractivity contribution is 5.84. The summed E-state index contributed by atoms with van der Waals surface area (Å²) in [6.07, 6.45) is 0.456. The number of amides is 2. The van der Waals surface area contributed by atoms with Crippen LogP contribution in [0, 0.1) is 5.92 Å². The molecule has 0 saturated carbocycles. The summed E-state index contributed by atoms with van der Waals surface area (Å²) in [5.41, 5.74) is 1.09. The summed E-state index contributed by atoms with van der Waals surface area (Å²) in [5.74, 6) is 0.189. The maximum Gasteiger partial charge on any atom is 0.242 e. The van der Waals surface area contributed by atoms with E-state index < -0.39 is 0 Å². The Bertz CT molecular complexity index is 429. The Morgan fingerprint density at radius 3 is 2.40 bits per heavy atom. The van der Waals surface area contributed by atoms with E-state index in [0.717, 1.165) is 5.56 Å². The second kappa shape index (κ2) is 8.35. The molecule has 20 heavy (non-hydrogen) atoms. The van der Waals surface area contributed by atoms with Gasteiger partial charge < -0.3 is 10.2 Å². The Labute approximate surface area is 121 Å². The van der Waals surface area contributed by atoms with E-state index in [2.05, 4.69) is 5.32 Å². The second-order valence-corrected chi connectivity index (χ2v) is 5.27. The Balaban J connectivity index is 2.45. The van der Waals surface area contributed by atoms with Gasteiger partial charge in [0.05, 0.1) is 6.54 Å². The molecular formula is C16H24N2O2. The summed E-state index contributed by atoms with van der Waals surface area (Å²) < 4.78 is 0. The van der Waals surface area contributed by atoms with Gasteiger partial charge in [-0.05, 0) is 18.4 Å². The number of nitrogens with zero attached hydrogens (tertiary/aromatic N) is 1. The first-order chi connectivity index (χ1) is 9.52. The molecule has 0 aliphatic heterocycles. The molecule has 110 valence electrons. The summed E-state index contributed by atoms with van der Waals surface area (Å²) in [6, 6.07) is 9.85. The summed E-state index contributed by atoms with van der Waals surface area (Å²) in [7, 11) is 0. The Kier molecular flexibility index (Phi) is 6.77. The monoisotopic (exact) mass is 276 g/mol. The number of carbonyl (C=O) groups excluding carboxylic acids is 2. The highest BCUT2D eigenvalue weighted by Gasteiger charge is 2.13. The fourth-order valence-corrected chi connectivity index (χ4v) is 1.91. The number of benzene rings is 1. The summed E-state index contributed by atoms with van der Waals surface area (Å²) in [6.45, 7) is 7.19. The Morgan fingerprint density at radius 1 is 1.20 bits per heavy atom. The van der Waals surface area contributed by atoms with Crippen LogP contribution >= 0.6 is 0 Å². The van der Waals surface area contributed by atoms with Crippen LogP contribution < -0.4 is 5.32 Å². The predicted molar refractivity (Wildman–Crippen MR) is 80.0 cm³/mol. The smallest absolute Gasteiger partial charge is 0.242 e. The minimum Gasteiger partial charge on any atom is -0.347 e. The number of hydrogen-bond donors (Lipinski definition) is 1. The van der Waals surface area contributed by atoms with Crippen LogP contribution in [0.15, 0.2) is 30.3 Å². The van der Waals surface area contributed by atoms with E-state index in [-0.39, 0.29) is 18.4 Å². The molecule has 1 N–H and O–H groups in total. The largest absolute Gasteiger partial charge is 0.347 e. The number of carbonyl (C=O) groups is 2. The highest BCUT2D eigenvalue weighted by atomic mass is 16.2. The minimum atomic E-state index is -0.0656. The molecule has 4 heteroatoms. The molecule has 1 aromatic rings. The molecule has 0 spiro atoms. The maximum absolute atomic E-state index is 12.1. The topological polar surface area (TPSA) is 49.4 Å². The molecular weight excluding hydrogens is 252 g/mol. The lowest BCUT2D eigenvalue weighted by Gasteiger charge is -2.21. The van der Waals surface area contributed by atoms with Gasteiger partial charge in [-0.3, -0.25) is 9.59 Å². The van der Waals surface area contributed by atoms with Crippen molar-refractivity contribution in [3.05, 3.63) is 35.9 Å². The van der Waals surface area contributed by atoms with E-state index in [4.69, 9.17) is 0 Å². The predicted octanol–water partition coefficient (Wildman–Crippen LogP) is 2.20. The average Bonchev–Trinajstić information content (AvgIpc) is 2.42. The minimum absolute atomic E-state index is 0.0477. The molecule has 2 amide bonds. The fraction of sp³-hybridized carbons (Fsp3) is 0.500. The fourth-order valence-electron chi connectivity index (χ4n) is 1.91. The molecule has 0 unspecified atom stereocenters. The van der Waals surface area contributed by atoms with Crippen molar-refractivity contribution in [3.63, 3.8) is 0 Å². The molecule has 0 aromatic heterocycles. The van der Waals surface area contributed by atoms with Gasteiger partial charge in [-0.1, -0.05) is 44.2 Å². The van der Waals surface area contributed by atoms with Gasteiger partial charge in [0.1, 0.15) is 0 Å². The van der Waals surface area contributed by atoms with Crippen LogP contribution in [-0.2, 0) is 16.1 Å². The summed E-state index contributed by atoms with van der Waals surface area (Å²) >= 11 is 0. The van der Waals surface area contributed by atoms with Crippen LogP contribution in [0.25, 0.3) is 0 Å². The molecule has 4 nitrogen and oxygen atoms in total. The molecule has 0 fully saturated rings. The van der Waals surface area contributed by atoms with Gasteiger partial charge in [-0.15, -0.1) is 0 Å². The van der Waals surface area contributed by atoms with Crippen molar-refractivity contribution in [2.75, 3.05) is 13.1 Å². The van der Waals surface area contributed by atoms with Crippen molar-refractivity contribution < 1.29 is 9.59 Å². The van der Waals surface area contributed by atoms with Crippen LogP contribution in [0.4, 0.5) is 0 Å². The molecule has 0 aliphatic carbocycles. The molecule has 0 radical (unpaired) electrons. The SMILES string of the molecule is CCN(Cc1ccccc1)C(=O)CNC(=O)CC(C)C. The Morgan fingerprint density at radius 2 is 1.85 bits per heavy atom. The molecule has 1 aromatic carbocycles. The molecule has 0 bridgehead atoms. The molecule has 0 heterocycles. The first kappa shape index (κ1) is 16.2. The van der Waals surface area contributed by atoms with Crippen molar-refractivity contribution in [3.8, 4) is 0 Å². The molecule has 0 aliphatic rings. The lowest BCUT2D eigenvalue weighted by atomic mass is 10.1. The zero-order chi connectivity index (χ0) is 15.0. The second-order valence-electron chi connectivity index (χ2n) is 5.27. The highest BCUT2D eigenvalue weighted by Crippen LogP contribution is 2.04. The van der Waals surface area contributed by atoms with E-state index in [1.54, 1.807) is 4.90 Å². The van der Waals surface area contributed by atoms with E-state index in [9.17, 15) is 9.59 Å². The lowest BCUT2D eigenvalue weighted by molar-refractivity contribution is -0.133. The van der Waals surface area contributed by atoms with Gasteiger partial charge in [0.2, 0.25) is 11.8 Å². The van der Waals surface area contributed by atoms with Crippen LogP contribution in [0.2, 0.25) is 0 Å². The van der Waals surface area contributed by atoms with Crippen molar-refractivity contribution in [1.82, 2.24) is 10.2 Å². The van der Waals surface area contributed by atoms with E-state index in [1.165, 1.54) is 0 Å². The molecule has 1 rings (SSSR count). The van der Waals surface area contributed by atoms with Gasteiger partial charge in [0.15, 0.2) is 0 Å². The normalized spacial score (nSPS) is 10.4. The van der Waals surface area contributed by atoms with Crippen molar-refractivity contribution in [1.29, 1.82) is 0 Å². The van der Waals surface area contributed by atoms with Crippen molar-refractivity contribution in [2.45, 2.75) is 33.7 Å². The van der Waals surface area contributed by atoms with Crippen molar-refractivity contribution >= 4 is 11.8 Å². The van der Waals surface area contributed by atoms with E-state index >= 15 is 0 Å². The standard InChI is InChI=1S/C16H24N2O2/c1-4-18(12-14-8-6-5-7-9-14)16(20)11-17-15(19)10-13(2)3/h5-9,13H,4,10-12H2,1-3H3,(H,17,19). The van der Waals surface area contributed by atoms with Gasteiger partial charge in [-0.25, -0.2) is 0 Å². The van der Waals surface area contributed by atoms with Gasteiger partial charge in [-0.2, -0.15) is 0 Å². The quantitative estimate of drug-likeness (QED) is 0.830. The summed E-state index contributed by atoms with van der Waals surface area (Å²) in [5, 5.41) is 2.68. The first-order valence-electron chi connectivity index (χ1n) is 7.11. The first-order valence-corrected chi connectivity index (χ1v) is 7.11. The Hall–Kier alpha value is -1.84. The molecule has 0 atom stereocenters. The van der Waals surface area contributed by atoms with Crippen LogP contribution in [0.3, 0.4) is 0 Å². The van der Waals surface area contributed by atoms with Crippen LogP contribution in [0.5, 0.6) is 0 Å². The van der Waals surface area contributed by atoms with Gasteiger partial charge >= 0.3 is 0 Å². The van der Waals surface area contributed by atoms with E-state index in [0.29, 0.717) is 25.4 Å². The van der Waals surface area contributed by atoms with Gasteiger partial charge in [0.25, 0.3) is 0 Å². The van der Waals surface area contributed by atoms with Crippen LogP contribution in [-0.4, -0.2) is 29.8 Å². The number of hydrogen-bond acceptors (Lipinski definition) is 2. The third-order valence-corrected chi connectivity index (χ3v) is 2.98. The zero-order valence-corrected chi connectivity index (χ0v) is 12.6.